The van der Waals surface area contributed by atoms with Crippen LogP contribution in [0.15, 0.2) is 59.7 Å². The normalized spacial score (nSPS) is 10.6. The molecule has 30 heavy (non-hydrogen) atoms. The van der Waals surface area contributed by atoms with Gasteiger partial charge in [-0.2, -0.15) is 0 Å². The lowest BCUT2D eigenvalue weighted by Gasteiger charge is -2.09. The molecule has 1 heterocycles. The van der Waals surface area contributed by atoms with Crippen molar-refractivity contribution in [2.24, 2.45) is 0 Å². The van der Waals surface area contributed by atoms with E-state index in [1.807, 2.05) is 31.2 Å². The van der Waals surface area contributed by atoms with Crippen molar-refractivity contribution in [3.05, 3.63) is 70.8 Å². The Kier molecular flexibility index (Phi) is 7.15. The maximum absolute atomic E-state index is 12.4. The third-order valence-electron chi connectivity index (χ3n) is 4.34. The first-order valence-corrected chi connectivity index (χ1v) is 9.59. The fourth-order valence-corrected chi connectivity index (χ4v) is 2.81. The minimum absolute atomic E-state index is 0.0380. The van der Waals surface area contributed by atoms with Crippen molar-refractivity contribution in [1.82, 2.24) is 14.9 Å². The van der Waals surface area contributed by atoms with Crippen LogP contribution in [0.2, 0.25) is 0 Å². The van der Waals surface area contributed by atoms with Gasteiger partial charge >= 0.3 is 5.97 Å². The number of aromatic nitrogens is 2. The molecule has 8 nitrogen and oxygen atoms in total. The van der Waals surface area contributed by atoms with Crippen LogP contribution in [-0.4, -0.2) is 41.2 Å². The molecule has 0 spiro atoms. The summed E-state index contributed by atoms with van der Waals surface area (Å²) in [5.74, 6) is -0.254. The molecule has 8 heteroatoms. The van der Waals surface area contributed by atoms with E-state index in [-0.39, 0.29) is 25.1 Å². The number of amides is 1. The average Bonchev–Trinajstić information content (AvgIpc) is 2.75. The molecule has 2 aromatic carbocycles. The number of rotatable bonds is 9. The van der Waals surface area contributed by atoms with Crippen molar-refractivity contribution in [2.45, 2.75) is 19.9 Å². The summed E-state index contributed by atoms with van der Waals surface area (Å²) >= 11 is 0. The number of carbonyl (C=O) groups excluding carboxylic acids is 2. The van der Waals surface area contributed by atoms with Gasteiger partial charge in [-0.15, -0.1) is 0 Å². The fourth-order valence-electron chi connectivity index (χ4n) is 2.81. The molecule has 0 aliphatic rings. The molecule has 156 valence electrons. The topological polar surface area (TPSA) is 99.5 Å². The molecule has 0 fully saturated rings. The van der Waals surface area contributed by atoms with Crippen LogP contribution in [-0.2, 0) is 20.9 Å². The molecule has 0 bridgehead atoms. The number of fused-ring (bicyclic) bond motifs is 1. The summed E-state index contributed by atoms with van der Waals surface area (Å²) in [5, 5.41) is 3.11. The molecule has 3 rings (SSSR count). The van der Waals surface area contributed by atoms with Gasteiger partial charge in [0.25, 0.3) is 11.5 Å². The molecule has 1 N–H and O–H groups in total. The second-order valence-electron chi connectivity index (χ2n) is 6.69. The van der Waals surface area contributed by atoms with Gasteiger partial charge < -0.3 is 14.8 Å². The molecule has 1 amide bonds. The highest BCUT2D eigenvalue weighted by atomic mass is 16.5. The molecular weight excluding hydrogens is 386 g/mol. The van der Waals surface area contributed by atoms with Crippen LogP contribution in [0.25, 0.3) is 10.9 Å². The molecule has 0 radical (unpaired) electrons. The number of esters is 1. The van der Waals surface area contributed by atoms with E-state index in [0.717, 1.165) is 11.3 Å². The summed E-state index contributed by atoms with van der Waals surface area (Å²) in [4.78, 5) is 40.2. The van der Waals surface area contributed by atoms with Gasteiger partial charge in [0.05, 0.1) is 30.2 Å². The van der Waals surface area contributed by atoms with Gasteiger partial charge in [-0.05, 0) is 36.8 Å². The molecule has 3 aromatic rings. The number of nitrogens with one attached hydrogen (secondary N) is 1. The van der Waals surface area contributed by atoms with E-state index in [4.69, 9.17) is 9.47 Å². The number of hydrogen-bond acceptors (Lipinski definition) is 6. The third-order valence-corrected chi connectivity index (χ3v) is 4.34. The predicted octanol–water partition coefficient (Wildman–Crippen LogP) is 1.83. The van der Waals surface area contributed by atoms with Gasteiger partial charge in [-0.25, -0.2) is 4.98 Å². The van der Waals surface area contributed by atoms with Crippen LogP contribution in [0.3, 0.4) is 0 Å². The highest BCUT2D eigenvalue weighted by Gasteiger charge is 2.09. The SMILES string of the molecule is Cc1cccc(OCCNC(=O)COC(=O)CCn2cnc3ccccc3c2=O)c1. The summed E-state index contributed by atoms with van der Waals surface area (Å²) in [7, 11) is 0. The van der Waals surface area contributed by atoms with Crippen LogP contribution in [0.1, 0.15) is 12.0 Å². The first-order valence-electron chi connectivity index (χ1n) is 9.59. The van der Waals surface area contributed by atoms with E-state index in [2.05, 4.69) is 10.3 Å². The summed E-state index contributed by atoms with van der Waals surface area (Å²) in [6.45, 7) is 2.31. The smallest absolute Gasteiger partial charge is 0.308 e. The maximum Gasteiger partial charge on any atom is 0.308 e. The third kappa shape index (κ3) is 5.91. The van der Waals surface area contributed by atoms with Crippen molar-refractivity contribution in [3.63, 3.8) is 0 Å². The lowest BCUT2D eigenvalue weighted by atomic mass is 10.2. The van der Waals surface area contributed by atoms with Crippen molar-refractivity contribution in [2.75, 3.05) is 19.8 Å². The predicted molar refractivity (Wildman–Crippen MR) is 111 cm³/mol. The van der Waals surface area contributed by atoms with Crippen molar-refractivity contribution >= 4 is 22.8 Å². The Bertz CT molecular complexity index is 1090. The van der Waals surface area contributed by atoms with Crippen LogP contribution in [0.5, 0.6) is 5.75 Å². The standard InChI is InChI=1S/C22H23N3O5/c1-16-5-4-6-17(13-16)29-12-10-23-20(26)14-30-21(27)9-11-25-15-24-19-8-3-2-7-18(19)22(25)28/h2-8,13,15H,9-12,14H2,1H3,(H,23,26). The first kappa shape index (κ1) is 21.0. The van der Waals surface area contributed by atoms with Crippen molar-refractivity contribution in [1.29, 1.82) is 0 Å². The summed E-state index contributed by atoms with van der Waals surface area (Å²) < 4.78 is 11.8. The number of carbonyl (C=O) groups is 2. The van der Waals surface area contributed by atoms with Gasteiger partial charge in [0.2, 0.25) is 0 Å². The zero-order valence-corrected chi connectivity index (χ0v) is 16.7. The maximum atomic E-state index is 12.4. The van der Waals surface area contributed by atoms with Crippen molar-refractivity contribution < 1.29 is 19.1 Å². The Morgan fingerprint density at radius 3 is 2.80 bits per heavy atom. The van der Waals surface area contributed by atoms with E-state index in [1.165, 1.54) is 10.9 Å². The Balaban J connectivity index is 1.36. The molecule has 1 aromatic heterocycles. The van der Waals surface area contributed by atoms with Gasteiger partial charge in [-0.3, -0.25) is 19.0 Å². The van der Waals surface area contributed by atoms with Crippen LogP contribution in [0.4, 0.5) is 0 Å². The van der Waals surface area contributed by atoms with E-state index in [9.17, 15) is 14.4 Å². The molecule has 0 aliphatic heterocycles. The number of hydrogen-bond donors (Lipinski definition) is 1. The van der Waals surface area contributed by atoms with Gasteiger partial charge in [0.15, 0.2) is 6.61 Å². The highest BCUT2D eigenvalue weighted by molar-refractivity contribution is 5.80. The largest absolute Gasteiger partial charge is 0.492 e. The monoisotopic (exact) mass is 409 g/mol. The first-order chi connectivity index (χ1) is 14.5. The van der Waals surface area contributed by atoms with Gasteiger partial charge in [0, 0.05) is 6.54 Å². The number of nitrogens with zero attached hydrogens (tertiary/aromatic N) is 2. The zero-order valence-electron chi connectivity index (χ0n) is 16.7. The Hall–Kier alpha value is -3.68. The minimum atomic E-state index is -0.568. The molecule has 0 atom stereocenters. The quantitative estimate of drug-likeness (QED) is 0.428. The lowest BCUT2D eigenvalue weighted by molar-refractivity contribution is -0.148. The second-order valence-corrected chi connectivity index (χ2v) is 6.69. The Morgan fingerprint density at radius 1 is 1.13 bits per heavy atom. The summed E-state index contributed by atoms with van der Waals surface area (Å²) in [6.07, 6.45) is 1.36. The molecule has 0 saturated carbocycles. The van der Waals surface area contributed by atoms with Crippen LogP contribution >= 0.6 is 0 Å². The van der Waals surface area contributed by atoms with E-state index in [0.29, 0.717) is 24.1 Å². The van der Waals surface area contributed by atoms with Gasteiger partial charge in [-0.1, -0.05) is 24.3 Å². The summed E-state index contributed by atoms with van der Waals surface area (Å²) in [5.41, 5.74) is 1.47. The Morgan fingerprint density at radius 2 is 1.97 bits per heavy atom. The number of benzene rings is 2. The van der Waals surface area contributed by atoms with Crippen LogP contribution in [0, 0.1) is 6.92 Å². The molecule has 0 unspecified atom stereocenters. The zero-order chi connectivity index (χ0) is 21.3. The lowest BCUT2D eigenvalue weighted by Crippen LogP contribution is -2.32. The van der Waals surface area contributed by atoms with E-state index >= 15 is 0 Å². The summed E-state index contributed by atoms with van der Waals surface area (Å²) in [6, 6.07) is 14.6. The van der Waals surface area contributed by atoms with Crippen molar-refractivity contribution in [3.8, 4) is 5.75 Å². The molecule has 0 saturated heterocycles. The molecular formula is C22H23N3O5. The number of aryl methyl sites for hydroxylation is 2. The second kappa shape index (κ2) is 10.2. The number of para-hydroxylation sites is 1. The Labute approximate surface area is 173 Å². The van der Waals surface area contributed by atoms with Crippen LogP contribution < -0.4 is 15.6 Å². The molecule has 0 aliphatic carbocycles. The fraction of sp³-hybridized carbons (Fsp3) is 0.273. The average molecular weight is 409 g/mol. The van der Waals surface area contributed by atoms with Gasteiger partial charge in [0.1, 0.15) is 12.4 Å². The minimum Gasteiger partial charge on any atom is -0.492 e. The number of ether oxygens (including phenoxy) is 2. The van der Waals surface area contributed by atoms with E-state index < -0.39 is 11.9 Å². The van der Waals surface area contributed by atoms with E-state index in [1.54, 1.807) is 24.3 Å². The highest BCUT2D eigenvalue weighted by Crippen LogP contribution is 2.11.